The molecule has 0 aromatic heterocycles. The van der Waals surface area contributed by atoms with Crippen LogP contribution in [0.4, 0.5) is 0 Å². The van der Waals surface area contributed by atoms with Gasteiger partial charge in [-0.1, -0.05) is 12.1 Å². The number of ether oxygens (including phenoxy) is 3. The Kier molecular flexibility index (Phi) is 2.96. The highest BCUT2D eigenvalue weighted by molar-refractivity contribution is 5.80. The fourth-order valence-electron chi connectivity index (χ4n) is 1.61. The Bertz CT molecular complexity index is 393. The van der Waals surface area contributed by atoms with Crippen LogP contribution in [0.25, 0.3) is 0 Å². The summed E-state index contributed by atoms with van der Waals surface area (Å²) in [5.41, 5.74) is 5.25. The third kappa shape index (κ3) is 1.94. The molecule has 2 N–H and O–H groups in total. The first-order valence-electron chi connectivity index (χ1n) is 4.93. The highest BCUT2D eigenvalue weighted by atomic mass is 16.6. The van der Waals surface area contributed by atoms with E-state index < -0.39 is 18.1 Å². The molecule has 1 aromatic carbocycles. The number of methoxy groups -OCH3 is 1. The van der Waals surface area contributed by atoms with E-state index in [2.05, 4.69) is 0 Å². The zero-order valence-corrected chi connectivity index (χ0v) is 8.88. The largest absolute Gasteiger partial charge is 0.480 e. The molecule has 0 bridgehead atoms. The summed E-state index contributed by atoms with van der Waals surface area (Å²) in [4.78, 5) is 11.2. The molecule has 0 fully saturated rings. The monoisotopic (exact) mass is 223 g/mol. The van der Waals surface area contributed by atoms with Gasteiger partial charge in [-0.15, -0.1) is 0 Å². The van der Waals surface area contributed by atoms with E-state index in [-0.39, 0.29) is 6.61 Å². The van der Waals surface area contributed by atoms with E-state index in [1.807, 2.05) is 6.07 Å². The predicted molar refractivity (Wildman–Crippen MR) is 56.3 cm³/mol. The quantitative estimate of drug-likeness (QED) is 0.801. The molecule has 0 aliphatic carbocycles. The third-order valence-electron chi connectivity index (χ3n) is 2.33. The zero-order chi connectivity index (χ0) is 11.5. The lowest BCUT2D eigenvalue weighted by atomic mass is 10.1. The van der Waals surface area contributed by atoms with Crippen molar-refractivity contribution in [1.82, 2.24) is 0 Å². The smallest absolute Gasteiger partial charge is 0.262 e. The summed E-state index contributed by atoms with van der Waals surface area (Å²) in [5, 5.41) is 0. The second-order valence-corrected chi connectivity index (χ2v) is 3.50. The molecule has 5 nitrogen and oxygen atoms in total. The summed E-state index contributed by atoms with van der Waals surface area (Å²) < 4.78 is 16.0. The molecule has 86 valence electrons. The first-order valence-corrected chi connectivity index (χ1v) is 4.93. The van der Waals surface area contributed by atoms with Crippen LogP contribution in [0.2, 0.25) is 0 Å². The molecule has 16 heavy (non-hydrogen) atoms. The van der Waals surface area contributed by atoms with E-state index in [0.29, 0.717) is 11.5 Å². The predicted octanol–water partition coefficient (Wildman–Crippen LogP) is 0.327. The van der Waals surface area contributed by atoms with Gasteiger partial charge in [0, 0.05) is 7.11 Å². The second kappa shape index (κ2) is 4.40. The van der Waals surface area contributed by atoms with Crippen molar-refractivity contribution >= 4 is 5.91 Å². The van der Waals surface area contributed by atoms with E-state index in [4.69, 9.17) is 19.9 Å². The fourth-order valence-corrected chi connectivity index (χ4v) is 1.61. The van der Waals surface area contributed by atoms with Gasteiger partial charge >= 0.3 is 0 Å². The van der Waals surface area contributed by atoms with Crippen LogP contribution < -0.4 is 15.2 Å². The summed E-state index contributed by atoms with van der Waals surface area (Å²) in [6.45, 7) is 0.252. The minimum absolute atomic E-state index is 0.252. The molecule has 0 radical (unpaired) electrons. The molecule has 2 atom stereocenters. The van der Waals surface area contributed by atoms with Gasteiger partial charge in [0.25, 0.3) is 5.91 Å². The Hall–Kier alpha value is -1.75. The van der Waals surface area contributed by atoms with Gasteiger partial charge in [-0.2, -0.15) is 0 Å². The summed E-state index contributed by atoms with van der Waals surface area (Å²) in [6.07, 6.45) is -1.31. The van der Waals surface area contributed by atoms with E-state index in [9.17, 15) is 4.79 Å². The van der Waals surface area contributed by atoms with Crippen LogP contribution in [0, 0.1) is 0 Å². The molecule has 5 heteroatoms. The van der Waals surface area contributed by atoms with Crippen molar-refractivity contribution in [1.29, 1.82) is 0 Å². The van der Waals surface area contributed by atoms with Crippen LogP contribution >= 0.6 is 0 Å². The van der Waals surface area contributed by atoms with Crippen molar-refractivity contribution in [3.8, 4) is 11.5 Å². The first kappa shape index (κ1) is 10.8. The molecule has 0 saturated carbocycles. The molecular weight excluding hydrogens is 210 g/mol. The van der Waals surface area contributed by atoms with Crippen molar-refractivity contribution in [2.45, 2.75) is 12.2 Å². The Balaban J connectivity index is 2.25. The van der Waals surface area contributed by atoms with Gasteiger partial charge in [-0.3, -0.25) is 4.79 Å². The molecule has 2 rings (SSSR count). The van der Waals surface area contributed by atoms with Gasteiger partial charge < -0.3 is 19.9 Å². The topological polar surface area (TPSA) is 70.8 Å². The van der Waals surface area contributed by atoms with Crippen molar-refractivity contribution in [2.75, 3.05) is 13.7 Å². The van der Waals surface area contributed by atoms with Crippen LogP contribution in [0.5, 0.6) is 11.5 Å². The Morgan fingerprint density at radius 2 is 2.00 bits per heavy atom. The van der Waals surface area contributed by atoms with Crippen LogP contribution in [0.3, 0.4) is 0 Å². The van der Waals surface area contributed by atoms with E-state index in [1.54, 1.807) is 18.2 Å². The van der Waals surface area contributed by atoms with E-state index >= 15 is 0 Å². The zero-order valence-electron chi connectivity index (χ0n) is 8.88. The lowest BCUT2D eigenvalue weighted by molar-refractivity contribution is -0.132. The fraction of sp³-hybridized carbons (Fsp3) is 0.364. The standard InChI is InChI=1S/C11H13NO4/c1-14-6-9-10(11(12)13)16-8-5-3-2-4-7(8)15-9/h2-5,9-10H,6H2,1H3,(H2,12,13). The van der Waals surface area contributed by atoms with Crippen molar-refractivity contribution in [2.24, 2.45) is 5.73 Å². The maximum Gasteiger partial charge on any atom is 0.262 e. The van der Waals surface area contributed by atoms with Crippen LogP contribution in [-0.4, -0.2) is 31.8 Å². The van der Waals surface area contributed by atoms with Crippen LogP contribution in [-0.2, 0) is 9.53 Å². The molecule has 1 aliphatic rings. The lowest BCUT2D eigenvalue weighted by Gasteiger charge is -2.31. The number of hydrogen-bond donors (Lipinski definition) is 1. The average Bonchev–Trinajstić information content (AvgIpc) is 2.28. The first-order chi connectivity index (χ1) is 7.72. The van der Waals surface area contributed by atoms with Gasteiger partial charge in [-0.05, 0) is 12.1 Å². The maximum absolute atomic E-state index is 11.2. The normalized spacial score (nSPS) is 22.8. The number of carbonyl (C=O) groups excluding carboxylic acids is 1. The highest BCUT2D eigenvalue weighted by Gasteiger charge is 2.35. The Morgan fingerprint density at radius 3 is 2.56 bits per heavy atom. The van der Waals surface area contributed by atoms with Gasteiger partial charge in [0.15, 0.2) is 17.6 Å². The third-order valence-corrected chi connectivity index (χ3v) is 2.33. The van der Waals surface area contributed by atoms with Crippen LogP contribution in [0.1, 0.15) is 0 Å². The number of primary amides is 1. The number of benzene rings is 1. The number of carbonyl (C=O) groups is 1. The van der Waals surface area contributed by atoms with Crippen LogP contribution in [0.15, 0.2) is 24.3 Å². The number of amides is 1. The number of rotatable bonds is 3. The minimum Gasteiger partial charge on any atom is -0.480 e. The number of para-hydroxylation sites is 2. The summed E-state index contributed by atoms with van der Waals surface area (Å²) in [6, 6.07) is 7.14. The Morgan fingerprint density at radius 1 is 1.38 bits per heavy atom. The summed E-state index contributed by atoms with van der Waals surface area (Å²) in [7, 11) is 1.53. The number of hydrogen-bond acceptors (Lipinski definition) is 4. The van der Waals surface area contributed by atoms with Crippen molar-refractivity contribution in [3.05, 3.63) is 24.3 Å². The van der Waals surface area contributed by atoms with Crippen molar-refractivity contribution < 1.29 is 19.0 Å². The van der Waals surface area contributed by atoms with E-state index in [1.165, 1.54) is 7.11 Å². The maximum atomic E-state index is 11.2. The lowest BCUT2D eigenvalue weighted by Crippen LogP contribution is -2.50. The van der Waals surface area contributed by atoms with E-state index in [0.717, 1.165) is 0 Å². The van der Waals surface area contributed by atoms with Gasteiger partial charge in [0.2, 0.25) is 6.10 Å². The van der Waals surface area contributed by atoms with Crippen molar-refractivity contribution in [3.63, 3.8) is 0 Å². The molecule has 1 aromatic rings. The SMILES string of the molecule is COCC1Oc2ccccc2OC1C(N)=O. The van der Waals surface area contributed by atoms with Gasteiger partial charge in [-0.25, -0.2) is 0 Å². The van der Waals surface area contributed by atoms with Gasteiger partial charge in [0.1, 0.15) is 0 Å². The summed E-state index contributed by atoms with van der Waals surface area (Å²) >= 11 is 0. The molecule has 1 amide bonds. The highest BCUT2D eigenvalue weighted by Crippen LogP contribution is 2.33. The molecule has 0 spiro atoms. The number of fused-ring (bicyclic) bond motifs is 1. The molecule has 0 saturated heterocycles. The molecule has 1 aliphatic heterocycles. The second-order valence-electron chi connectivity index (χ2n) is 3.50. The molecular formula is C11H13NO4. The number of nitrogens with two attached hydrogens (primary N) is 1. The van der Waals surface area contributed by atoms with Gasteiger partial charge in [0.05, 0.1) is 6.61 Å². The molecule has 1 heterocycles. The average molecular weight is 223 g/mol. The summed E-state index contributed by atoms with van der Waals surface area (Å²) in [5.74, 6) is 0.567. The minimum atomic E-state index is -0.810. The molecule has 2 unspecified atom stereocenters. The Labute approximate surface area is 93.1 Å².